The lowest BCUT2D eigenvalue weighted by molar-refractivity contribution is -0.286. The molecule has 3 aromatic rings. The van der Waals surface area contributed by atoms with Crippen molar-refractivity contribution in [3.05, 3.63) is 64.3 Å². The van der Waals surface area contributed by atoms with Gasteiger partial charge in [-0.05, 0) is 43.3 Å². The number of alkyl halides is 2. The number of ether oxygens (including phenoxy) is 2. The quantitative estimate of drug-likeness (QED) is 0.507. The summed E-state index contributed by atoms with van der Waals surface area (Å²) in [7, 11) is 0. The number of aliphatic imine (C=N–C) groups is 1. The predicted octanol–water partition coefficient (Wildman–Crippen LogP) is 2.53. The van der Waals surface area contributed by atoms with Crippen molar-refractivity contribution in [3.63, 3.8) is 0 Å². The van der Waals surface area contributed by atoms with Gasteiger partial charge in [0.15, 0.2) is 17.1 Å². The molecule has 0 saturated carbocycles. The molecule has 2 aromatic carbocycles. The first kappa shape index (κ1) is 18.2. The van der Waals surface area contributed by atoms with Crippen LogP contribution < -0.4 is 31.6 Å². The summed E-state index contributed by atoms with van der Waals surface area (Å²) in [5, 5.41) is 6.11. The SMILES string of the molecule is CC1=CNC(N)(c2ccc3c(c2)OC(F)(F)O3)N=C1Nc1ccc2oc(=O)[nH]c2c1. The standard InChI is InChI=1S/C19H15F2N5O4/c1-9-8-23-18(22,10-2-4-14-15(6-10)30-19(20,21)29-14)26-16(9)24-11-3-5-13-12(7-11)25-17(27)28-13/h2-8,23H,22H2,1H3,(H,24,26)(H,25,27). The van der Waals surface area contributed by atoms with Crippen molar-refractivity contribution < 1.29 is 22.7 Å². The van der Waals surface area contributed by atoms with E-state index in [-0.39, 0.29) is 11.5 Å². The van der Waals surface area contributed by atoms with E-state index in [4.69, 9.17) is 10.2 Å². The van der Waals surface area contributed by atoms with Crippen LogP contribution >= 0.6 is 0 Å². The molecule has 0 fully saturated rings. The minimum atomic E-state index is -3.72. The molecule has 1 atom stereocenters. The van der Waals surface area contributed by atoms with Gasteiger partial charge in [0.05, 0.1) is 5.52 Å². The van der Waals surface area contributed by atoms with Gasteiger partial charge in [0.1, 0.15) is 5.84 Å². The third kappa shape index (κ3) is 3.05. The third-order valence-electron chi connectivity index (χ3n) is 4.69. The van der Waals surface area contributed by atoms with E-state index < -0.39 is 17.8 Å². The van der Waals surface area contributed by atoms with Gasteiger partial charge in [0.25, 0.3) is 0 Å². The summed E-state index contributed by atoms with van der Waals surface area (Å²) >= 11 is 0. The molecule has 0 amide bonds. The van der Waals surface area contributed by atoms with Crippen LogP contribution in [0.15, 0.2) is 62.4 Å². The Morgan fingerprint density at radius 3 is 2.77 bits per heavy atom. The zero-order chi connectivity index (χ0) is 21.1. The second-order valence-corrected chi connectivity index (χ2v) is 6.88. The molecule has 3 heterocycles. The summed E-state index contributed by atoms with van der Waals surface area (Å²) in [5.41, 5.74) is 9.15. The van der Waals surface area contributed by atoms with Crippen molar-refractivity contribution in [2.45, 2.75) is 19.0 Å². The molecule has 0 bridgehead atoms. The van der Waals surface area contributed by atoms with Crippen LogP contribution in [0, 0.1) is 0 Å². The van der Waals surface area contributed by atoms with Gasteiger partial charge in [-0.2, -0.15) is 0 Å². The molecule has 0 saturated heterocycles. The molecule has 11 heteroatoms. The van der Waals surface area contributed by atoms with E-state index in [9.17, 15) is 13.6 Å². The van der Waals surface area contributed by atoms with Gasteiger partial charge in [-0.1, -0.05) is 0 Å². The second-order valence-electron chi connectivity index (χ2n) is 6.88. The van der Waals surface area contributed by atoms with Crippen LogP contribution in [-0.2, 0) is 5.79 Å². The van der Waals surface area contributed by atoms with Crippen molar-refractivity contribution in [2.75, 3.05) is 5.32 Å². The highest BCUT2D eigenvalue weighted by Crippen LogP contribution is 2.42. The summed E-state index contributed by atoms with van der Waals surface area (Å²) in [5.74, 6) is -1.75. The minimum Gasteiger partial charge on any atom is -0.408 e. The van der Waals surface area contributed by atoms with Gasteiger partial charge in [0, 0.05) is 23.0 Å². The number of H-pyrrole nitrogens is 1. The average molecular weight is 415 g/mol. The number of rotatable bonds is 2. The van der Waals surface area contributed by atoms with Crippen LogP contribution in [0.2, 0.25) is 0 Å². The molecule has 0 spiro atoms. The van der Waals surface area contributed by atoms with Gasteiger partial charge >= 0.3 is 12.1 Å². The van der Waals surface area contributed by atoms with E-state index in [1.165, 1.54) is 18.2 Å². The molecule has 5 N–H and O–H groups in total. The Kier molecular flexibility index (Phi) is 3.68. The largest absolute Gasteiger partial charge is 0.586 e. The van der Waals surface area contributed by atoms with Crippen molar-refractivity contribution in [2.24, 2.45) is 10.7 Å². The normalized spacial score (nSPS) is 21.7. The Morgan fingerprint density at radius 1 is 1.13 bits per heavy atom. The number of hydrogen-bond donors (Lipinski definition) is 4. The maximum atomic E-state index is 13.3. The lowest BCUT2D eigenvalue weighted by Crippen LogP contribution is -2.50. The third-order valence-corrected chi connectivity index (χ3v) is 4.69. The van der Waals surface area contributed by atoms with Crippen molar-refractivity contribution in [1.82, 2.24) is 10.3 Å². The van der Waals surface area contributed by atoms with Gasteiger partial charge in [-0.25, -0.2) is 9.79 Å². The van der Waals surface area contributed by atoms with Gasteiger partial charge < -0.3 is 24.5 Å². The number of nitrogens with zero attached hydrogens (tertiary/aromatic N) is 1. The molecule has 1 aromatic heterocycles. The van der Waals surface area contributed by atoms with Gasteiger partial charge in [-0.3, -0.25) is 10.7 Å². The molecular weight excluding hydrogens is 400 g/mol. The topological polar surface area (TPSA) is 127 Å². The minimum absolute atomic E-state index is 0.0837. The van der Waals surface area contributed by atoms with Crippen LogP contribution in [0.5, 0.6) is 11.5 Å². The number of anilines is 1. The summed E-state index contributed by atoms with van der Waals surface area (Å²) in [6, 6.07) is 9.27. The number of amidine groups is 1. The van der Waals surface area contributed by atoms with E-state index >= 15 is 0 Å². The highest BCUT2D eigenvalue weighted by molar-refractivity contribution is 6.08. The maximum Gasteiger partial charge on any atom is 0.586 e. The summed E-state index contributed by atoms with van der Waals surface area (Å²) < 4.78 is 40.5. The number of halogens is 2. The lowest BCUT2D eigenvalue weighted by Gasteiger charge is -2.31. The van der Waals surface area contributed by atoms with Crippen LogP contribution in [0.1, 0.15) is 12.5 Å². The highest BCUT2D eigenvalue weighted by atomic mass is 19.3. The Hall–Kier alpha value is -3.86. The fraction of sp³-hybridized carbons (Fsp3) is 0.158. The number of nitrogens with two attached hydrogens (primary N) is 1. The van der Waals surface area contributed by atoms with Gasteiger partial charge in [-0.15, -0.1) is 8.78 Å². The number of fused-ring (bicyclic) bond motifs is 2. The Morgan fingerprint density at radius 2 is 1.93 bits per heavy atom. The number of aromatic amines is 1. The Labute approximate surface area is 167 Å². The fourth-order valence-electron chi connectivity index (χ4n) is 3.21. The van der Waals surface area contributed by atoms with E-state index in [1.54, 1.807) is 24.4 Å². The second kappa shape index (κ2) is 6.07. The Bertz CT molecular complexity index is 1300. The number of nitrogens with one attached hydrogen (secondary N) is 3. The van der Waals surface area contributed by atoms with Gasteiger partial charge in [0.2, 0.25) is 5.79 Å². The zero-order valence-electron chi connectivity index (χ0n) is 15.5. The van der Waals surface area contributed by atoms with Crippen molar-refractivity contribution >= 4 is 22.6 Å². The first-order valence-electron chi connectivity index (χ1n) is 8.85. The first-order valence-corrected chi connectivity index (χ1v) is 8.85. The highest BCUT2D eigenvalue weighted by Gasteiger charge is 2.44. The fourth-order valence-corrected chi connectivity index (χ4v) is 3.21. The van der Waals surface area contributed by atoms with E-state index in [0.717, 1.165) is 5.57 Å². The van der Waals surface area contributed by atoms with Crippen molar-refractivity contribution in [1.29, 1.82) is 0 Å². The maximum absolute atomic E-state index is 13.3. The number of oxazole rings is 1. The van der Waals surface area contributed by atoms with Crippen LogP contribution in [0.25, 0.3) is 11.1 Å². The average Bonchev–Trinajstić information content (AvgIpc) is 3.20. The first-order chi connectivity index (χ1) is 14.2. The van der Waals surface area contributed by atoms with E-state index in [0.29, 0.717) is 28.2 Å². The monoisotopic (exact) mass is 415 g/mol. The summed E-state index contributed by atoms with van der Waals surface area (Å²) in [6.45, 7) is 1.82. The predicted molar refractivity (Wildman–Crippen MR) is 103 cm³/mol. The van der Waals surface area contributed by atoms with Crippen LogP contribution in [0.3, 0.4) is 0 Å². The zero-order valence-corrected chi connectivity index (χ0v) is 15.5. The molecule has 2 aliphatic rings. The molecule has 30 heavy (non-hydrogen) atoms. The van der Waals surface area contributed by atoms with Crippen LogP contribution in [0.4, 0.5) is 14.5 Å². The van der Waals surface area contributed by atoms with E-state index in [2.05, 4.69) is 30.1 Å². The lowest BCUT2D eigenvalue weighted by atomic mass is 10.1. The Balaban J connectivity index is 1.47. The number of hydrogen-bond acceptors (Lipinski definition) is 8. The molecular formula is C19H15F2N5O4. The number of aromatic nitrogens is 1. The van der Waals surface area contributed by atoms with Crippen molar-refractivity contribution in [3.8, 4) is 11.5 Å². The number of benzene rings is 2. The molecule has 2 aliphatic heterocycles. The molecule has 5 rings (SSSR count). The van der Waals surface area contributed by atoms with Crippen LogP contribution in [-0.4, -0.2) is 17.1 Å². The van der Waals surface area contributed by atoms with E-state index in [1.807, 2.05) is 6.92 Å². The molecule has 0 radical (unpaired) electrons. The summed E-state index contributed by atoms with van der Waals surface area (Å²) in [6.07, 6.45) is -2.06. The molecule has 9 nitrogen and oxygen atoms in total. The molecule has 154 valence electrons. The molecule has 1 unspecified atom stereocenters. The molecule has 0 aliphatic carbocycles. The summed E-state index contributed by atoms with van der Waals surface area (Å²) in [4.78, 5) is 18.5. The smallest absolute Gasteiger partial charge is 0.408 e.